The highest BCUT2D eigenvalue weighted by atomic mass is 16.5. The van der Waals surface area contributed by atoms with E-state index < -0.39 is 0 Å². The average Bonchev–Trinajstić information content (AvgIpc) is 3.38. The molecule has 1 aliphatic heterocycles. The van der Waals surface area contributed by atoms with Crippen molar-refractivity contribution < 1.29 is 15.8 Å². The van der Waals surface area contributed by atoms with Gasteiger partial charge >= 0.3 is 0 Å². The van der Waals surface area contributed by atoms with Crippen molar-refractivity contribution in [2.75, 3.05) is 6.54 Å². The fraction of sp³-hybridized carbons (Fsp3) is 0.833. The van der Waals surface area contributed by atoms with Crippen molar-refractivity contribution in [2.45, 2.75) is 82.3 Å². The molecule has 4 rings (SSSR count). The molecule has 5 heteroatoms. The quantitative estimate of drug-likeness (QED) is 0.804. The van der Waals surface area contributed by atoms with E-state index in [0.717, 1.165) is 12.6 Å². The van der Waals surface area contributed by atoms with Gasteiger partial charge in [0.1, 0.15) is 19.2 Å². The van der Waals surface area contributed by atoms with Crippen LogP contribution in [0.2, 0.25) is 0 Å². The fourth-order valence-corrected chi connectivity index (χ4v) is 4.41. The topological polar surface area (TPSA) is 67.8 Å². The SMILES string of the molecule is C1CCC(NC2=NCCC3(CC3)C3(CCC3)O2)CC1.C=O.C=O.[HH]. The Balaban J connectivity index is 0.000000539. The highest BCUT2D eigenvalue weighted by Crippen LogP contribution is 2.65. The first kappa shape index (κ1) is 18.0. The van der Waals surface area contributed by atoms with Crippen molar-refractivity contribution in [3.63, 3.8) is 0 Å². The number of hydrogen-bond acceptors (Lipinski definition) is 5. The first-order valence-corrected chi connectivity index (χ1v) is 8.90. The van der Waals surface area contributed by atoms with Gasteiger partial charge in [-0.1, -0.05) is 19.3 Å². The van der Waals surface area contributed by atoms with E-state index in [1.54, 1.807) is 0 Å². The van der Waals surface area contributed by atoms with Crippen LogP contribution in [0.1, 0.15) is 72.1 Å². The van der Waals surface area contributed by atoms with Crippen LogP contribution in [-0.2, 0) is 14.3 Å². The second kappa shape index (κ2) is 7.93. The molecule has 0 amide bonds. The van der Waals surface area contributed by atoms with E-state index in [4.69, 9.17) is 19.3 Å². The predicted octanol–water partition coefficient (Wildman–Crippen LogP) is 3.26. The molecule has 23 heavy (non-hydrogen) atoms. The second-order valence-electron chi connectivity index (χ2n) is 7.15. The number of rotatable bonds is 1. The minimum atomic E-state index is 0. The van der Waals surface area contributed by atoms with Crippen LogP contribution in [-0.4, -0.2) is 37.8 Å². The van der Waals surface area contributed by atoms with Gasteiger partial charge in [-0.15, -0.1) is 0 Å². The van der Waals surface area contributed by atoms with Crippen molar-refractivity contribution in [3.05, 3.63) is 0 Å². The summed E-state index contributed by atoms with van der Waals surface area (Å²) in [6, 6.07) is 1.49. The summed E-state index contributed by atoms with van der Waals surface area (Å²) in [5.41, 5.74) is 0.675. The highest BCUT2D eigenvalue weighted by molar-refractivity contribution is 5.75. The van der Waals surface area contributed by atoms with Crippen molar-refractivity contribution in [1.29, 1.82) is 0 Å². The zero-order chi connectivity index (χ0) is 16.8. The van der Waals surface area contributed by atoms with E-state index in [1.165, 1.54) is 70.6 Å². The maximum Gasteiger partial charge on any atom is 0.285 e. The van der Waals surface area contributed by atoms with Gasteiger partial charge in [0.05, 0.1) is 0 Å². The van der Waals surface area contributed by atoms with E-state index >= 15 is 0 Å². The molecular weight excluding hydrogens is 292 g/mol. The third kappa shape index (κ3) is 3.59. The monoisotopic (exact) mass is 324 g/mol. The summed E-state index contributed by atoms with van der Waals surface area (Å²) in [6.07, 6.45) is 14.6. The minimum Gasteiger partial charge on any atom is -0.458 e. The number of fused-ring (bicyclic) bond motifs is 1. The highest BCUT2D eigenvalue weighted by Gasteiger charge is 2.64. The normalized spacial score (nSPS) is 26.9. The molecule has 0 bridgehead atoms. The lowest BCUT2D eigenvalue weighted by atomic mass is 9.67. The Morgan fingerprint density at radius 3 is 2.13 bits per heavy atom. The Morgan fingerprint density at radius 1 is 0.957 bits per heavy atom. The molecular formula is C18H32N2O3. The Bertz CT molecular complexity index is 414. The van der Waals surface area contributed by atoms with Crippen LogP contribution in [0.5, 0.6) is 0 Å². The van der Waals surface area contributed by atoms with Crippen molar-refractivity contribution in [2.24, 2.45) is 10.4 Å². The van der Waals surface area contributed by atoms with Gasteiger partial charge in [-0.3, -0.25) is 0 Å². The number of nitrogens with zero attached hydrogens (tertiary/aromatic N) is 1. The zero-order valence-corrected chi connectivity index (χ0v) is 14.1. The molecule has 1 heterocycles. The summed E-state index contributed by atoms with van der Waals surface area (Å²) in [6.45, 7) is 4.97. The van der Waals surface area contributed by atoms with E-state index in [9.17, 15) is 0 Å². The van der Waals surface area contributed by atoms with Gasteiger partial charge in [-0.25, -0.2) is 4.99 Å². The van der Waals surface area contributed by atoms with Gasteiger partial charge in [0.15, 0.2) is 0 Å². The largest absolute Gasteiger partial charge is 0.458 e. The Morgan fingerprint density at radius 2 is 1.61 bits per heavy atom. The standard InChI is InChI=1S/C16H26N2O.2CH2O.H2/c1-2-5-13(6-3-1)18-14-17-12-11-15(9-10-15)16(19-14)7-4-8-16;2*1-2;/h13H,1-12H2,(H,17,18);2*1H2;1H. The molecule has 3 fully saturated rings. The fourth-order valence-electron chi connectivity index (χ4n) is 4.41. The van der Waals surface area contributed by atoms with Gasteiger partial charge in [-0.2, -0.15) is 0 Å². The number of amidine groups is 1. The summed E-state index contributed by atoms with van der Waals surface area (Å²) in [7, 11) is 0. The van der Waals surface area contributed by atoms with Crippen molar-refractivity contribution in [1.82, 2.24) is 5.32 Å². The molecule has 1 N–H and O–H groups in total. The van der Waals surface area contributed by atoms with Crippen LogP contribution in [0.4, 0.5) is 0 Å². The lowest BCUT2D eigenvalue weighted by Gasteiger charge is -2.47. The van der Waals surface area contributed by atoms with Gasteiger partial charge in [0, 0.05) is 19.4 Å². The third-order valence-corrected chi connectivity index (χ3v) is 6.05. The molecule has 0 aromatic rings. The third-order valence-electron chi connectivity index (χ3n) is 6.05. The maximum atomic E-state index is 8.00. The van der Waals surface area contributed by atoms with Crippen LogP contribution < -0.4 is 5.32 Å². The van der Waals surface area contributed by atoms with Crippen LogP contribution >= 0.6 is 0 Å². The van der Waals surface area contributed by atoms with Gasteiger partial charge in [-0.05, 0) is 51.4 Å². The summed E-state index contributed by atoms with van der Waals surface area (Å²) in [5, 5.41) is 3.61. The molecule has 4 aliphatic rings. The Hall–Kier alpha value is -1.39. The van der Waals surface area contributed by atoms with E-state index in [0.29, 0.717) is 11.5 Å². The molecule has 0 unspecified atom stereocenters. The van der Waals surface area contributed by atoms with E-state index in [2.05, 4.69) is 5.32 Å². The average molecular weight is 324 g/mol. The van der Waals surface area contributed by atoms with Crippen molar-refractivity contribution in [3.8, 4) is 0 Å². The zero-order valence-electron chi connectivity index (χ0n) is 14.1. The first-order chi connectivity index (χ1) is 11.3. The molecule has 3 saturated carbocycles. The molecule has 0 aromatic heterocycles. The number of aliphatic imine (C=N–C) groups is 1. The number of ether oxygens (including phenoxy) is 1. The summed E-state index contributed by atoms with van der Waals surface area (Å²) in [5.74, 6) is 0. The van der Waals surface area contributed by atoms with Crippen LogP contribution in [0.15, 0.2) is 4.99 Å². The first-order valence-electron chi connectivity index (χ1n) is 8.90. The van der Waals surface area contributed by atoms with Crippen LogP contribution in [0.25, 0.3) is 0 Å². The second-order valence-corrected chi connectivity index (χ2v) is 7.15. The summed E-state index contributed by atoms with van der Waals surface area (Å²) < 4.78 is 6.45. The lowest BCUT2D eigenvalue weighted by molar-refractivity contribution is -0.0987. The van der Waals surface area contributed by atoms with E-state index in [1.807, 2.05) is 13.6 Å². The number of carbonyl (C=O) groups excluding carboxylic acids is 2. The molecule has 3 aliphatic carbocycles. The molecule has 5 nitrogen and oxygen atoms in total. The lowest BCUT2D eigenvalue weighted by Crippen LogP contribution is -2.52. The minimum absolute atomic E-state index is 0. The number of carbonyl (C=O) groups is 2. The van der Waals surface area contributed by atoms with Crippen LogP contribution in [0, 0.1) is 5.41 Å². The molecule has 0 radical (unpaired) electrons. The van der Waals surface area contributed by atoms with Gasteiger partial charge in [0.25, 0.3) is 6.02 Å². The molecule has 132 valence electrons. The molecule has 0 aromatic carbocycles. The molecule has 0 atom stereocenters. The molecule has 0 saturated heterocycles. The predicted molar refractivity (Wildman–Crippen MR) is 92.6 cm³/mol. The summed E-state index contributed by atoms with van der Waals surface area (Å²) >= 11 is 0. The Kier molecular flexibility index (Phi) is 6.19. The number of nitrogens with one attached hydrogen (secondary N) is 1. The van der Waals surface area contributed by atoms with E-state index in [-0.39, 0.29) is 7.03 Å². The van der Waals surface area contributed by atoms with Gasteiger partial charge < -0.3 is 19.6 Å². The van der Waals surface area contributed by atoms with Gasteiger partial charge in [0.2, 0.25) is 0 Å². The summed E-state index contributed by atoms with van der Waals surface area (Å²) in [4.78, 5) is 20.7. The smallest absolute Gasteiger partial charge is 0.285 e. The maximum absolute atomic E-state index is 8.00. The molecule has 2 spiro atoms. The van der Waals surface area contributed by atoms with Crippen LogP contribution in [0.3, 0.4) is 0 Å². The van der Waals surface area contributed by atoms with Crippen molar-refractivity contribution >= 4 is 19.6 Å². The number of hydrogen-bond donors (Lipinski definition) is 1. The Labute approximate surface area is 140 Å².